The number of anilines is 2. The number of hydrogen-bond donors (Lipinski definition) is 3. The van der Waals surface area contributed by atoms with Crippen LogP contribution in [0.1, 0.15) is 0 Å². The topological polar surface area (TPSA) is 121 Å². The van der Waals surface area contributed by atoms with E-state index in [1.807, 2.05) is 0 Å². The Hall–Kier alpha value is -2.00. The van der Waals surface area contributed by atoms with E-state index in [4.69, 9.17) is 10.5 Å². The largest absolute Gasteiger partial charge is 0.378 e. The van der Waals surface area contributed by atoms with Crippen molar-refractivity contribution in [1.29, 1.82) is 0 Å². The summed E-state index contributed by atoms with van der Waals surface area (Å²) in [6, 6.07) is 0. The summed E-state index contributed by atoms with van der Waals surface area (Å²) in [6.45, 7) is 4.87. The summed E-state index contributed by atoms with van der Waals surface area (Å²) in [4.78, 5) is 19.2. The van der Waals surface area contributed by atoms with Crippen molar-refractivity contribution >= 4 is 17.3 Å². The molecule has 1 aliphatic heterocycles. The molecule has 1 aromatic rings. The van der Waals surface area contributed by atoms with Crippen molar-refractivity contribution in [3.63, 3.8) is 0 Å². The van der Waals surface area contributed by atoms with Gasteiger partial charge in [0.15, 0.2) is 0 Å². The lowest BCUT2D eigenvalue weighted by Gasteiger charge is -2.23. The van der Waals surface area contributed by atoms with E-state index in [1.54, 1.807) is 0 Å². The molecule has 1 fully saturated rings. The summed E-state index contributed by atoms with van der Waals surface area (Å²) >= 11 is 0. The van der Waals surface area contributed by atoms with Crippen molar-refractivity contribution in [3.8, 4) is 0 Å². The summed E-state index contributed by atoms with van der Waals surface area (Å²) in [5.74, 6) is 0.0476. The van der Waals surface area contributed by atoms with Gasteiger partial charge in [0, 0.05) is 0 Å². The van der Waals surface area contributed by atoms with E-state index in [0.29, 0.717) is 6.54 Å². The Balaban J connectivity index is 1.92. The molecule has 1 saturated heterocycles. The first-order valence-electron chi connectivity index (χ1n) is 6.08. The highest BCUT2D eigenvalue weighted by Gasteiger charge is 2.21. The normalized spacial score (nSPS) is 16.2. The number of quaternary nitrogens is 1. The SMILES string of the molecule is Nc1ncnc(NCC[NH+]2CCOCC2)c1[N+](=O)[O-]. The Morgan fingerprint density at radius 2 is 2.21 bits per heavy atom. The lowest BCUT2D eigenvalue weighted by atomic mass is 10.4. The van der Waals surface area contributed by atoms with Crippen molar-refractivity contribution in [1.82, 2.24) is 9.97 Å². The molecule has 9 heteroatoms. The standard InChI is InChI=1S/C10H16N6O3/c11-9-8(16(17)18)10(14-7-13-9)12-1-2-15-3-5-19-6-4-15/h7H,1-6H2,(H3,11,12,13,14)/p+1. The van der Waals surface area contributed by atoms with Crippen LogP contribution in [0.4, 0.5) is 17.3 Å². The van der Waals surface area contributed by atoms with Gasteiger partial charge in [-0.15, -0.1) is 0 Å². The highest BCUT2D eigenvalue weighted by Crippen LogP contribution is 2.25. The Labute approximate surface area is 109 Å². The summed E-state index contributed by atoms with van der Waals surface area (Å²) in [7, 11) is 0. The molecular weight excluding hydrogens is 252 g/mol. The average molecular weight is 269 g/mol. The zero-order chi connectivity index (χ0) is 13.7. The van der Waals surface area contributed by atoms with Crippen LogP contribution in [0.25, 0.3) is 0 Å². The third-order valence-corrected chi connectivity index (χ3v) is 3.00. The number of nitro groups is 1. The van der Waals surface area contributed by atoms with Crippen molar-refractivity contribution < 1.29 is 14.6 Å². The zero-order valence-electron chi connectivity index (χ0n) is 10.5. The van der Waals surface area contributed by atoms with Gasteiger partial charge in [-0.3, -0.25) is 10.1 Å². The lowest BCUT2D eigenvalue weighted by Crippen LogP contribution is -3.14. The molecule has 0 aliphatic carbocycles. The quantitative estimate of drug-likeness (QED) is 0.430. The van der Waals surface area contributed by atoms with E-state index in [-0.39, 0.29) is 17.3 Å². The van der Waals surface area contributed by atoms with Gasteiger partial charge in [-0.1, -0.05) is 0 Å². The predicted octanol–water partition coefficient (Wildman–Crippen LogP) is -1.71. The molecule has 2 heterocycles. The predicted molar refractivity (Wildman–Crippen MR) is 68.0 cm³/mol. The third-order valence-electron chi connectivity index (χ3n) is 3.00. The van der Waals surface area contributed by atoms with Gasteiger partial charge in [0.1, 0.15) is 19.4 Å². The fourth-order valence-electron chi connectivity index (χ4n) is 1.97. The first kappa shape index (κ1) is 13.4. The zero-order valence-corrected chi connectivity index (χ0v) is 10.5. The number of nitrogens with one attached hydrogen (secondary N) is 2. The second-order valence-corrected chi connectivity index (χ2v) is 4.25. The Bertz CT molecular complexity index is 449. The first-order valence-corrected chi connectivity index (χ1v) is 6.08. The van der Waals surface area contributed by atoms with Crippen molar-refractivity contribution in [2.45, 2.75) is 0 Å². The highest BCUT2D eigenvalue weighted by molar-refractivity contribution is 5.67. The maximum absolute atomic E-state index is 10.9. The van der Waals surface area contributed by atoms with E-state index in [2.05, 4.69) is 15.3 Å². The number of nitrogens with zero attached hydrogens (tertiary/aromatic N) is 3. The number of morpholine rings is 1. The number of ether oxygens (including phenoxy) is 1. The molecule has 0 spiro atoms. The van der Waals surface area contributed by atoms with Crippen LogP contribution in [0.5, 0.6) is 0 Å². The minimum absolute atomic E-state index is 0.124. The molecule has 1 aliphatic rings. The molecule has 0 amide bonds. The van der Waals surface area contributed by atoms with Gasteiger partial charge in [0.05, 0.1) is 31.2 Å². The summed E-state index contributed by atoms with van der Waals surface area (Å²) < 4.78 is 5.26. The van der Waals surface area contributed by atoms with Gasteiger partial charge >= 0.3 is 5.69 Å². The molecule has 4 N–H and O–H groups in total. The Morgan fingerprint density at radius 3 is 2.89 bits per heavy atom. The van der Waals surface area contributed by atoms with Crippen LogP contribution in [0.3, 0.4) is 0 Å². The van der Waals surface area contributed by atoms with Gasteiger partial charge in [0.2, 0.25) is 11.6 Å². The van der Waals surface area contributed by atoms with E-state index in [1.165, 1.54) is 11.2 Å². The van der Waals surface area contributed by atoms with E-state index in [0.717, 1.165) is 32.8 Å². The van der Waals surface area contributed by atoms with Crippen molar-refractivity contribution in [3.05, 3.63) is 16.4 Å². The minimum atomic E-state index is -0.570. The number of nitrogen functional groups attached to an aromatic ring is 1. The van der Waals surface area contributed by atoms with Gasteiger partial charge in [-0.05, 0) is 0 Å². The lowest BCUT2D eigenvalue weighted by molar-refractivity contribution is -0.906. The summed E-state index contributed by atoms with van der Waals surface area (Å²) in [5.41, 5.74) is 5.22. The van der Waals surface area contributed by atoms with Crippen LogP contribution in [0.2, 0.25) is 0 Å². The Kier molecular flexibility index (Phi) is 4.42. The molecule has 0 saturated carbocycles. The van der Waals surface area contributed by atoms with Crippen LogP contribution in [0.15, 0.2) is 6.33 Å². The number of hydrogen-bond acceptors (Lipinski definition) is 7. The summed E-state index contributed by atoms with van der Waals surface area (Å²) in [5, 5.41) is 13.8. The number of rotatable bonds is 5. The first-order chi connectivity index (χ1) is 9.18. The third kappa shape index (κ3) is 3.48. The van der Waals surface area contributed by atoms with Crippen LogP contribution < -0.4 is 16.0 Å². The molecule has 0 unspecified atom stereocenters. The number of nitrogens with two attached hydrogens (primary N) is 1. The molecule has 0 radical (unpaired) electrons. The molecule has 0 bridgehead atoms. The maximum atomic E-state index is 10.9. The smallest absolute Gasteiger partial charge is 0.352 e. The second kappa shape index (κ2) is 6.25. The van der Waals surface area contributed by atoms with Crippen LogP contribution in [0, 0.1) is 10.1 Å². The maximum Gasteiger partial charge on any atom is 0.352 e. The molecule has 2 rings (SSSR count). The molecular formula is C10H17N6O3+. The fourth-order valence-corrected chi connectivity index (χ4v) is 1.97. The van der Waals surface area contributed by atoms with Gasteiger partial charge in [-0.25, -0.2) is 9.97 Å². The van der Waals surface area contributed by atoms with Crippen molar-refractivity contribution in [2.75, 3.05) is 50.4 Å². The molecule has 0 aromatic carbocycles. The van der Waals surface area contributed by atoms with Crippen LogP contribution >= 0.6 is 0 Å². The van der Waals surface area contributed by atoms with Crippen molar-refractivity contribution in [2.24, 2.45) is 0 Å². The van der Waals surface area contributed by atoms with E-state index < -0.39 is 4.92 Å². The molecule has 0 atom stereocenters. The van der Waals surface area contributed by atoms with Gasteiger partial charge < -0.3 is 20.7 Å². The monoisotopic (exact) mass is 269 g/mol. The average Bonchev–Trinajstić information content (AvgIpc) is 2.39. The molecule has 19 heavy (non-hydrogen) atoms. The minimum Gasteiger partial charge on any atom is -0.378 e. The fraction of sp³-hybridized carbons (Fsp3) is 0.600. The van der Waals surface area contributed by atoms with Gasteiger partial charge in [-0.2, -0.15) is 0 Å². The number of aromatic nitrogens is 2. The summed E-state index contributed by atoms with van der Waals surface area (Å²) in [6.07, 6.45) is 1.21. The molecule has 9 nitrogen and oxygen atoms in total. The highest BCUT2D eigenvalue weighted by atomic mass is 16.6. The van der Waals surface area contributed by atoms with Crippen LogP contribution in [-0.2, 0) is 4.74 Å². The van der Waals surface area contributed by atoms with E-state index in [9.17, 15) is 10.1 Å². The Morgan fingerprint density at radius 1 is 1.47 bits per heavy atom. The van der Waals surface area contributed by atoms with Gasteiger partial charge in [0.25, 0.3) is 0 Å². The van der Waals surface area contributed by atoms with E-state index >= 15 is 0 Å². The molecule has 1 aromatic heterocycles. The molecule has 104 valence electrons. The second-order valence-electron chi connectivity index (χ2n) is 4.25. The van der Waals surface area contributed by atoms with Crippen LogP contribution in [-0.4, -0.2) is 54.3 Å².